The summed E-state index contributed by atoms with van der Waals surface area (Å²) in [5.74, 6) is 0. The number of rotatable bonds is 4. The van der Waals surface area contributed by atoms with Gasteiger partial charge in [-0.2, -0.15) is 0 Å². The molecule has 0 rings (SSSR count). The van der Waals surface area contributed by atoms with Crippen LogP contribution in [0.5, 0.6) is 0 Å². The van der Waals surface area contributed by atoms with Crippen molar-refractivity contribution in [1.29, 1.82) is 0 Å². The van der Waals surface area contributed by atoms with Gasteiger partial charge in [0.2, 0.25) is 0 Å². The van der Waals surface area contributed by atoms with E-state index in [0.717, 1.165) is 0 Å². The Morgan fingerprint density at radius 2 is 1.90 bits per heavy atom. The zero-order valence-corrected chi connectivity index (χ0v) is 5.77. The number of hydrogen-bond donors (Lipinski definition) is 3. The van der Waals surface area contributed by atoms with E-state index in [2.05, 4.69) is 12.7 Å². The largest absolute Gasteiger partial charge is 0.445 e. The molecule has 0 aromatic carbocycles. The summed E-state index contributed by atoms with van der Waals surface area (Å²) in [7, 11) is 4.61. The van der Waals surface area contributed by atoms with Gasteiger partial charge in [-0.05, 0) is 6.92 Å². The molecule has 4 nitrogen and oxygen atoms in total. The van der Waals surface area contributed by atoms with E-state index in [1.807, 2.05) is 0 Å². The van der Waals surface area contributed by atoms with Crippen LogP contribution in [0.3, 0.4) is 0 Å². The van der Waals surface area contributed by atoms with Crippen LogP contribution in [0.1, 0.15) is 6.92 Å². The van der Waals surface area contributed by atoms with Crippen LogP contribution in [-0.4, -0.2) is 48.3 Å². The molecule has 3 unspecified atom stereocenters. The van der Waals surface area contributed by atoms with Crippen molar-refractivity contribution in [2.45, 2.75) is 25.2 Å². The van der Waals surface area contributed by atoms with Gasteiger partial charge >= 0.3 is 0 Å². The average molecular weight is 146 g/mol. The van der Waals surface area contributed by atoms with Crippen LogP contribution in [0.25, 0.3) is 0 Å². The minimum absolute atomic E-state index is 0.188. The molecule has 0 spiro atoms. The predicted octanol–water partition coefficient (Wildman–Crippen LogP) is -1.81. The lowest BCUT2D eigenvalue weighted by Gasteiger charge is -2.19. The fraction of sp³-hybridized carbons (Fsp3) is 1.00. The number of aliphatic hydroxyl groups excluding tert-OH is 3. The van der Waals surface area contributed by atoms with Gasteiger partial charge in [-0.25, -0.2) is 0 Å². The molecule has 0 saturated heterocycles. The van der Waals surface area contributed by atoms with Crippen LogP contribution in [0.4, 0.5) is 0 Å². The summed E-state index contributed by atoms with van der Waals surface area (Å²) in [6, 6.07) is 0. The molecule has 0 saturated carbocycles. The lowest BCUT2D eigenvalue weighted by Crippen LogP contribution is -2.38. The Kier molecular flexibility index (Phi) is 4.63. The van der Waals surface area contributed by atoms with E-state index in [9.17, 15) is 0 Å². The molecule has 0 heterocycles. The van der Waals surface area contributed by atoms with Crippen molar-refractivity contribution in [3.8, 4) is 0 Å². The molecule has 0 aliphatic carbocycles. The Bertz CT molecular complexity index is 87.7. The topological polar surface area (TPSA) is 69.9 Å². The summed E-state index contributed by atoms with van der Waals surface area (Å²) in [6.07, 6.45) is -3.32. The van der Waals surface area contributed by atoms with E-state index in [1.165, 1.54) is 6.92 Å². The Morgan fingerprint density at radius 3 is 2.20 bits per heavy atom. The Labute approximate surface area is 60.9 Å². The van der Waals surface area contributed by atoms with Crippen LogP contribution < -0.4 is 0 Å². The van der Waals surface area contributed by atoms with E-state index < -0.39 is 18.3 Å². The first-order valence-electron chi connectivity index (χ1n) is 2.95. The van der Waals surface area contributed by atoms with Crippen molar-refractivity contribution in [2.75, 3.05) is 6.61 Å². The number of aliphatic hydroxyl groups is 3. The van der Waals surface area contributed by atoms with E-state index in [1.54, 1.807) is 0 Å². The lowest BCUT2D eigenvalue weighted by atomic mass is 10.1. The first-order chi connectivity index (χ1) is 4.59. The van der Waals surface area contributed by atoms with Crippen molar-refractivity contribution in [3.05, 3.63) is 0 Å². The zero-order chi connectivity index (χ0) is 8.15. The smallest absolute Gasteiger partial charge is 0.282 e. The molecule has 0 amide bonds. The Hall–Kier alpha value is -0.0951. The maximum Gasteiger partial charge on any atom is 0.282 e. The van der Waals surface area contributed by atoms with Crippen LogP contribution in [-0.2, 0) is 4.65 Å². The van der Waals surface area contributed by atoms with Gasteiger partial charge in [0.25, 0.3) is 8.05 Å². The summed E-state index contributed by atoms with van der Waals surface area (Å²) in [4.78, 5) is 0. The molecule has 0 aliphatic heterocycles. The molecule has 0 fully saturated rings. The molecular formula is C5H11BO4. The average Bonchev–Trinajstić information content (AvgIpc) is 1.87. The standard InChI is InChI=1S/C5H11BO4/c1-3(7)5(9)4(8)2-10-6/h3-5,7-9H,2H2,1H3. The van der Waals surface area contributed by atoms with E-state index in [-0.39, 0.29) is 6.61 Å². The normalized spacial score (nSPS) is 20.0. The minimum Gasteiger partial charge on any atom is -0.445 e. The van der Waals surface area contributed by atoms with E-state index >= 15 is 0 Å². The van der Waals surface area contributed by atoms with Crippen molar-refractivity contribution >= 4 is 8.05 Å². The van der Waals surface area contributed by atoms with Gasteiger partial charge in [0, 0.05) is 0 Å². The van der Waals surface area contributed by atoms with Gasteiger partial charge in [-0.15, -0.1) is 0 Å². The van der Waals surface area contributed by atoms with Gasteiger partial charge < -0.3 is 20.0 Å². The van der Waals surface area contributed by atoms with Gasteiger partial charge in [0.05, 0.1) is 12.7 Å². The van der Waals surface area contributed by atoms with Crippen LogP contribution in [0.2, 0.25) is 0 Å². The van der Waals surface area contributed by atoms with Crippen molar-refractivity contribution in [2.24, 2.45) is 0 Å². The molecular weight excluding hydrogens is 135 g/mol. The summed E-state index contributed by atoms with van der Waals surface area (Å²) in [5.41, 5.74) is 0. The Balaban J connectivity index is 3.58. The van der Waals surface area contributed by atoms with Crippen LogP contribution in [0, 0.1) is 0 Å². The quantitative estimate of drug-likeness (QED) is 0.409. The van der Waals surface area contributed by atoms with Crippen LogP contribution >= 0.6 is 0 Å². The Morgan fingerprint density at radius 1 is 1.40 bits per heavy atom. The third-order valence-electron chi connectivity index (χ3n) is 1.16. The van der Waals surface area contributed by atoms with Crippen molar-refractivity contribution in [3.63, 3.8) is 0 Å². The van der Waals surface area contributed by atoms with Crippen molar-refractivity contribution < 1.29 is 20.0 Å². The third-order valence-corrected chi connectivity index (χ3v) is 1.16. The van der Waals surface area contributed by atoms with Gasteiger partial charge in [-0.3, -0.25) is 0 Å². The molecule has 0 aromatic heterocycles. The molecule has 3 atom stereocenters. The maximum atomic E-state index is 8.89. The van der Waals surface area contributed by atoms with E-state index in [4.69, 9.17) is 15.3 Å². The molecule has 0 bridgehead atoms. The highest BCUT2D eigenvalue weighted by molar-refractivity contribution is 5.97. The highest BCUT2D eigenvalue weighted by atomic mass is 16.4. The molecule has 2 radical (unpaired) electrons. The fourth-order valence-corrected chi connectivity index (χ4v) is 0.519. The second kappa shape index (κ2) is 4.68. The number of hydrogen-bond acceptors (Lipinski definition) is 4. The third kappa shape index (κ3) is 3.17. The molecule has 10 heavy (non-hydrogen) atoms. The SMILES string of the molecule is [B]OCC(O)C(O)C(C)O. The van der Waals surface area contributed by atoms with Gasteiger partial charge in [0.1, 0.15) is 12.2 Å². The molecule has 0 aromatic rings. The maximum absolute atomic E-state index is 8.89. The summed E-state index contributed by atoms with van der Waals surface area (Å²) < 4.78 is 4.05. The monoisotopic (exact) mass is 146 g/mol. The van der Waals surface area contributed by atoms with Crippen LogP contribution in [0.15, 0.2) is 0 Å². The van der Waals surface area contributed by atoms with E-state index in [0.29, 0.717) is 0 Å². The van der Waals surface area contributed by atoms with Gasteiger partial charge in [0.15, 0.2) is 0 Å². The molecule has 3 N–H and O–H groups in total. The molecule has 58 valence electrons. The molecule has 5 heteroatoms. The van der Waals surface area contributed by atoms with Gasteiger partial charge in [-0.1, -0.05) is 0 Å². The summed E-state index contributed by atoms with van der Waals surface area (Å²) >= 11 is 0. The summed E-state index contributed by atoms with van der Waals surface area (Å²) in [5, 5.41) is 26.5. The first kappa shape index (κ1) is 9.90. The zero-order valence-electron chi connectivity index (χ0n) is 5.77. The first-order valence-corrected chi connectivity index (χ1v) is 2.95. The second-order valence-corrected chi connectivity index (χ2v) is 2.13. The predicted molar refractivity (Wildman–Crippen MR) is 35.4 cm³/mol. The fourth-order valence-electron chi connectivity index (χ4n) is 0.519. The highest BCUT2D eigenvalue weighted by Gasteiger charge is 2.20. The lowest BCUT2D eigenvalue weighted by molar-refractivity contribution is -0.0654. The summed E-state index contributed by atoms with van der Waals surface area (Å²) in [6.45, 7) is 1.18. The highest BCUT2D eigenvalue weighted by Crippen LogP contribution is 1.98. The minimum atomic E-state index is -1.21. The second-order valence-electron chi connectivity index (χ2n) is 2.13. The molecule has 0 aliphatic rings. The van der Waals surface area contributed by atoms with Crippen molar-refractivity contribution in [1.82, 2.24) is 0 Å².